The lowest BCUT2D eigenvalue weighted by Gasteiger charge is -2.26. The molecule has 0 bridgehead atoms. The van der Waals surface area contributed by atoms with Crippen molar-refractivity contribution in [2.45, 2.75) is 31.8 Å². The van der Waals surface area contributed by atoms with E-state index in [-0.39, 0.29) is 5.97 Å². The molecule has 0 amide bonds. The average Bonchev–Trinajstić information content (AvgIpc) is 2.79. The molecule has 1 aliphatic carbocycles. The summed E-state index contributed by atoms with van der Waals surface area (Å²) in [5.74, 6) is -0.348. The summed E-state index contributed by atoms with van der Waals surface area (Å²) < 4.78 is 6.45. The molecule has 2 aromatic rings. The zero-order chi connectivity index (χ0) is 13.2. The Kier molecular flexibility index (Phi) is 3.21. The maximum Gasteiger partial charge on any atom is 0.341 e. The Labute approximate surface area is 111 Å². The number of esters is 1. The van der Waals surface area contributed by atoms with Crippen molar-refractivity contribution < 1.29 is 9.53 Å². The first-order valence-corrected chi connectivity index (χ1v) is 6.56. The summed E-state index contributed by atoms with van der Waals surface area (Å²) in [7, 11) is 1.38. The molecule has 0 atom stereocenters. The Morgan fingerprint density at radius 2 is 2.42 bits per heavy atom. The third-order valence-corrected chi connectivity index (χ3v) is 3.69. The minimum Gasteiger partial charge on any atom is -0.465 e. The second kappa shape index (κ2) is 5.01. The molecule has 1 saturated carbocycles. The summed E-state index contributed by atoms with van der Waals surface area (Å²) in [5, 5.41) is 7.66. The standard InChI is InChI=1S/C14H17N3O2/c1-19-14(18)12-9-16-17-6-5-10(7-13(12)17)8-15-11-3-2-4-11/h5-7,9,11,15H,2-4,8H2,1H3. The Hall–Kier alpha value is -1.88. The fourth-order valence-corrected chi connectivity index (χ4v) is 2.28. The lowest BCUT2D eigenvalue weighted by atomic mass is 9.93. The van der Waals surface area contributed by atoms with Crippen LogP contribution in [0.3, 0.4) is 0 Å². The fourth-order valence-electron chi connectivity index (χ4n) is 2.28. The van der Waals surface area contributed by atoms with Gasteiger partial charge in [0.05, 0.1) is 18.8 Å². The Morgan fingerprint density at radius 1 is 1.58 bits per heavy atom. The van der Waals surface area contributed by atoms with E-state index in [9.17, 15) is 4.79 Å². The van der Waals surface area contributed by atoms with Crippen molar-refractivity contribution in [1.82, 2.24) is 14.9 Å². The summed E-state index contributed by atoms with van der Waals surface area (Å²) in [5.41, 5.74) is 2.46. The fraction of sp³-hybridized carbons (Fsp3) is 0.429. The van der Waals surface area contributed by atoms with Gasteiger partial charge < -0.3 is 10.1 Å². The molecule has 3 rings (SSSR count). The summed E-state index contributed by atoms with van der Waals surface area (Å²) in [6.45, 7) is 0.826. The van der Waals surface area contributed by atoms with Gasteiger partial charge in [0.1, 0.15) is 5.56 Å². The zero-order valence-electron chi connectivity index (χ0n) is 10.9. The third-order valence-electron chi connectivity index (χ3n) is 3.69. The first-order chi connectivity index (χ1) is 9.28. The molecular weight excluding hydrogens is 242 g/mol. The second-order valence-corrected chi connectivity index (χ2v) is 4.92. The van der Waals surface area contributed by atoms with E-state index in [2.05, 4.69) is 10.4 Å². The molecule has 0 unspecified atom stereocenters. The molecule has 1 N–H and O–H groups in total. The molecule has 19 heavy (non-hydrogen) atoms. The average molecular weight is 259 g/mol. The maximum absolute atomic E-state index is 11.6. The van der Waals surface area contributed by atoms with Gasteiger partial charge in [0, 0.05) is 18.8 Å². The number of rotatable bonds is 4. The van der Waals surface area contributed by atoms with Crippen LogP contribution >= 0.6 is 0 Å². The van der Waals surface area contributed by atoms with Gasteiger partial charge in [0.2, 0.25) is 0 Å². The number of ether oxygens (including phenoxy) is 1. The SMILES string of the molecule is COC(=O)c1cnn2ccc(CNC3CCC3)cc12. The van der Waals surface area contributed by atoms with E-state index in [1.165, 1.54) is 26.4 Å². The number of methoxy groups -OCH3 is 1. The highest BCUT2D eigenvalue weighted by Gasteiger charge is 2.17. The van der Waals surface area contributed by atoms with Gasteiger partial charge in [0.15, 0.2) is 0 Å². The molecule has 0 aliphatic heterocycles. The Balaban J connectivity index is 1.83. The van der Waals surface area contributed by atoms with Crippen LogP contribution < -0.4 is 5.32 Å². The summed E-state index contributed by atoms with van der Waals surface area (Å²) in [6, 6.07) is 4.67. The molecule has 0 saturated heterocycles. The number of nitrogens with zero attached hydrogens (tertiary/aromatic N) is 2. The van der Waals surface area contributed by atoms with Crippen LogP contribution in [0, 0.1) is 0 Å². The van der Waals surface area contributed by atoms with Gasteiger partial charge in [-0.3, -0.25) is 0 Å². The summed E-state index contributed by atoms with van der Waals surface area (Å²) in [4.78, 5) is 11.6. The van der Waals surface area contributed by atoms with Crippen LogP contribution in [0.1, 0.15) is 35.2 Å². The van der Waals surface area contributed by atoms with Crippen molar-refractivity contribution in [2.75, 3.05) is 7.11 Å². The summed E-state index contributed by atoms with van der Waals surface area (Å²) in [6.07, 6.45) is 7.28. The third kappa shape index (κ3) is 2.33. The number of pyridine rings is 1. The number of hydrogen-bond donors (Lipinski definition) is 1. The zero-order valence-corrected chi connectivity index (χ0v) is 10.9. The van der Waals surface area contributed by atoms with Gasteiger partial charge in [0.25, 0.3) is 0 Å². The van der Waals surface area contributed by atoms with Crippen LogP contribution in [-0.2, 0) is 11.3 Å². The van der Waals surface area contributed by atoms with Gasteiger partial charge >= 0.3 is 5.97 Å². The molecule has 0 aromatic carbocycles. The number of fused-ring (bicyclic) bond motifs is 1. The largest absolute Gasteiger partial charge is 0.465 e. The second-order valence-electron chi connectivity index (χ2n) is 4.92. The molecular formula is C14H17N3O2. The predicted molar refractivity (Wildman–Crippen MR) is 71.0 cm³/mol. The Bertz CT molecular complexity index is 602. The molecule has 5 heteroatoms. The van der Waals surface area contributed by atoms with Crippen LogP contribution in [0.15, 0.2) is 24.5 Å². The van der Waals surface area contributed by atoms with Crippen LogP contribution in [0.25, 0.3) is 5.52 Å². The van der Waals surface area contributed by atoms with E-state index in [0.29, 0.717) is 11.6 Å². The maximum atomic E-state index is 11.6. The van der Waals surface area contributed by atoms with E-state index in [4.69, 9.17) is 4.74 Å². The van der Waals surface area contributed by atoms with E-state index in [0.717, 1.165) is 17.6 Å². The monoisotopic (exact) mass is 259 g/mol. The van der Waals surface area contributed by atoms with Gasteiger partial charge in [-0.25, -0.2) is 9.31 Å². The van der Waals surface area contributed by atoms with Crippen LogP contribution in [-0.4, -0.2) is 28.7 Å². The molecule has 0 radical (unpaired) electrons. The smallest absolute Gasteiger partial charge is 0.341 e. The molecule has 0 spiro atoms. The lowest BCUT2D eigenvalue weighted by Crippen LogP contribution is -2.34. The number of aromatic nitrogens is 2. The minimum atomic E-state index is -0.348. The first-order valence-electron chi connectivity index (χ1n) is 6.56. The van der Waals surface area contributed by atoms with Crippen LogP contribution in [0.4, 0.5) is 0 Å². The highest BCUT2D eigenvalue weighted by Crippen LogP contribution is 2.19. The van der Waals surface area contributed by atoms with Gasteiger partial charge in [-0.1, -0.05) is 6.42 Å². The highest BCUT2D eigenvalue weighted by atomic mass is 16.5. The van der Waals surface area contributed by atoms with Crippen LogP contribution in [0.5, 0.6) is 0 Å². The lowest BCUT2D eigenvalue weighted by molar-refractivity contribution is 0.0603. The van der Waals surface area contributed by atoms with Crippen molar-refractivity contribution in [3.63, 3.8) is 0 Å². The van der Waals surface area contributed by atoms with Crippen molar-refractivity contribution in [2.24, 2.45) is 0 Å². The number of carbonyl (C=O) groups is 1. The van der Waals surface area contributed by atoms with Gasteiger partial charge in [-0.2, -0.15) is 5.10 Å². The quantitative estimate of drug-likeness (QED) is 0.850. The molecule has 1 fully saturated rings. The number of carbonyl (C=O) groups excluding carboxylic acids is 1. The van der Waals surface area contributed by atoms with Crippen molar-refractivity contribution in [1.29, 1.82) is 0 Å². The molecule has 5 nitrogen and oxygen atoms in total. The molecule has 2 aromatic heterocycles. The number of nitrogens with one attached hydrogen (secondary N) is 1. The van der Waals surface area contributed by atoms with E-state index < -0.39 is 0 Å². The summed E-state index contributed by atoms with van der Waals surface area (Å²) >= 11 is 0. The van der Waals surface area contributed by atoms with Crippen molar-refractivity contribution in [3.05, 3.63) is 35.7 Å². The van der Waals surface area contributed by atoms with Crippen molar-refractivity contribution in [3.8, 4) is 0 Å². The molecule has 1 aliphatic rings. The highest BCUT2D eigenvalue weighted by molar-refractivity contribution is 5.96. The van der Waals surface area contributed by atoms with Gasteiger partial charge in [-0.05, 0) is 30.5 Å². The van der Waals surface area contributed by atoms with E-state index >= 15 is 0 Å². The van der Waals surface area contributed by atoms with Crippen molar-refractivity contribution >= 4 is 11.5 Å². The van der Waals surface area contributed by atoms with E-state index in [1.807, 2.05) is 18.3 Å². The molecule has 100 valence electrons. The van der Waals surface area contributed by atoms with Crippen LogP contribution in [0.2, 0.25) is 0 Å². The van der Waals surface area contributed by atoms with E-state index in [1.54, 1.807) is 10.7 Å². The van der Waals surface area contributed by atoms with Gasteiger partial charge in [-0.15, -0.1) is 0 Å². The normalized spacial score (nSPS) is 15.4. The Morgan fingerprint density at radius 3 is 3.11 bits per heavy atom. The molecule has 2 heterocycles. The number of hydrogen-bond acceptors (Lipinski definition) is 4. The topological polar surface area (TPSA) is 55.6 Å². The minimum absolute atomic E-state index is 0.348. The predicted octanol–water partition coefficient (Wildman–Crippen LogP) is 1.76. The first kappa shape index (κ1) is 12.2.